The number of aryl methyl sites for hydroxylation is 1. The third-order valence-electron chi connectivity index (χ3n) is 4.19. The molecule has 0 unspecified atom stereocenters. The summed E-state index contributed by atoms with van der Waals surface area (Å²) in [4.78, 5) is 25.1. The standard InChI is InChI=1S/C16H23N7O/c1-11-6-13(21-20-11)16(24)19-14-9-23(8-12(14)7-22(2)3)15-4-5-17-10-18-15/h4-6,10,12,14H,7-9H2,1-3H3,(H,19,24)(H,20,21)/t12-,14-/m1/s1. The molecule has 1 amide bonds. The molecule has 128 valence electrons. The molecule has 0 aromatic carbocycles. The molecule has 24 heavy (non-hydrogen) atoms. The van der Waals surface area contributed by atoms with Crippen molar-refractivity contribution in [1.82, 2.24) is 30.4 Å². The maximum atomic E-state index is 12.4. The summed E-state index contributed by atoms with van der Waals surface area (Å²) in [6.07, 6.45) is 3.29. The largest absolute Gasteiger partial charge is 0.354 e. The molecule has 1 aliphatic rings. The van der Waals surface area contributed by atoms with Gasteiger partial charge in [0.1, 0.15) is 17.8 Å². The van der Waals surface area contributed by atoms with Gasteiger partial charge in [0.05, 0.1) is 6.04 Å². The van der Waals surface area contributed by atoms with E-state index in [2.05, 4.69) is 35.3 Å². The molecular formula is C16H23N7O. The minimum atomic E-state index is -0.141. The summed E-state index contributed by atoms with van der Waals surface area (Å²) in [7, 11) is 4.09. The van der Waals surface area contributed by atoms with Crippen LogP contribution in [0.1, 0.15) is 16.2 Å². The zero-order chi connectivity index (χ0) is 17.1. The van der Waals surface area contributed by atoms with E-state index in [-0.39, 0.29) is 11.9 Å². The number of anilines is 1. The highest BCUT2D eigenvalue weighted by Gasteiger charge is 2.35. The SMILES string of the molecule is Cc1cc(C(=O)N[C@@H]2CN(c3ccncn3)C[C@H]2CN(C)C)n[nH]1. The number of nitrogens with zero attached hydrogens (tertiary/aromatic N) is 5. The fraction of sp³-hybridized carbons (Fsp3) is 0.500. The fourth-order valence-electron chi connectivity index (χ4n) is 3.12. The van der Waals surface area contributed by atoms with Crippen molar-refractivity contribution in [2.75, 3.05) is 38.6 Å². The Bertz CT molecular complexity index is 685. The molecule has 2 aromatic rings. The number of carbonyl (C=O) groups excluding carboxylic acids is 1. The molecule has 2 aromatic heterocycles. The Hall–Kier alpha value is -2.48. The van der Waals surface area contributed by atoms with Gasteiger partial charge in [0.15, 0.2) is 0 Å². The van der Waals surface area contributed by atoms with Crippen molar-refractivity contribution >= 4 is 11.7 Å². The summed E-state index contributed by atoms with van der Waals surface area (Å²) in [6.45, 7) is 4.35. The van der Waals surface area contributed by atoms with Crippen LogP contribution in [0.25, 0.3) is 0 Å². The lowest BCUT2D eigenvalue weighted by Crippen LogP contribution is -2.43. The van der Waals surface area contributed by atoms with Crippen molar-refractivity contribution in [2.24, 2.45) is 5.92 Å². The molecule has 1 saturated heterocycles. The van der Waals surface area contributed by atoms with Crippen LogP contribution in [0.15, 0.2) is 24.7 Å². The number of aromatic nitrogens is 4. The van der Waals surface area contributed by atoms with Gasteiger partial charge in [-0.25, -0.2) is 9.97 Å². The molecule has 8 nitrogen and oxygen atoms in total. The third-order valence-corrected chi connectivity index (χ3v) is 4.19. The number of aromatic amines is 1. The lowest BCUT2D eigenvalue weighted by molar-refractivity contribution is 0.0923. The van der Waals surface area contributed by atoms with Gasteiger partial charge in [0.25, 0.3) is 5.91 Å². The van der Waals surface area contributed by atoms with Crippen LogP contribution in [0.3, 0.4) is 0 Å². The van der Waals surface area contributed by atoms with Gasteiger partial charge in [-0.15, -0.1) is 0 Å². The lowest BCUT2D eigenvalue weighted by atomic mass is 10.0. The van der Waals surface area contributed by atoms with Crippen LogP contribution in [-0.2, 0) is 0 Å². The van der Waals surface area contributed by atoms with Crippen LogP contribution in [-0.4, -0.2) is 70.7 Å². The molecule has 3 rings (SSSR count). The Balaban J connectivity index is 1.72. The first-order valence-corrected chi connectivity index (χ1v) is 8.01. The lowest BCUT2D eigenvalue weighted by Gasteiger charge is -2.22. The smallest absolute Gasteiger partial charge is 0.272 e. The number of nitrogens with one attached hydrogen (secondary N) is 2. The molecule has 2 atom stereocenters. The number of carbonyl (C=O) groups is 1. The van der Waals surface area contributed by atoms with Gasteiger partial charge in [0, 0.05) is 37.4 Å². The molecule has 0 bridgehead atoms. The first-order valence-electron chi connectivity index (χ1n) is 8.01. The summed E-state index contributed by atoms with van der Waals surface area (Å²) in [6, 6.07) is 3.70. The highest BCUT2D eigenvalue weighted by atomic mass is 16.2. The Morgan fingerprint density at radius 1 is 1.46 bits per heavy atom. The quantitative estimate of drug-likeness (QED) is 0.820. The molecule has 0 spiro atoms. The Labute approximate surface area is 141 Å². The molecule has 1 fully saturated rings. The first-order chi connectivity index (χ1) is 11.5. The molecule has 3 heterocycles. The average Bonchev–Trinajstić information content (AvgIpc) is 3.15. The highest BCUT2D eigenvalue weighted by molar-refractivity contribution is 5.92. The third kappa shape index (κ3) is 3.70. The van der Waals surface area contributed by atoms with Crippen molar-refractivity contribution < 1.29 is 4.79 Å². The monoisotopic (exact) mass is 329 g/mol. The molecule has 0 radical (unpaired) electrons. The molecule has 1 aliphatic heterocycles. The van der Waals surface area contributed by atoms with E-state index in [9.17, 15) is 4.79 Å². The summed E-state index contributed by atoms with van der Waals surface area (Å²) < 4.78 is 0. The average molecular weight is 329 g/mol. The number of H-pyrrole nitrogens is 1. The van der Waals surface area contributed by atoms with Crippen LogP contribution in [0.2, 0.25) is 0 Å². The van der Waals surface area contributed by atoms with Crippen LogP contribution >= 0.6 is 0 Å². The summed E-state index contributed by atoms with van der Waals surface area (Å²) in [5.74, 6) is 1.07. The minimum absolute atomic E-state index is 0.0480. The predicted octanol–water partition coefficient (Wildman–Crippen LogP) is 0.305. The minimum Gasteiger partial charge on any atom is -0.354 e. The van der Waals surface area contributed by atoms with E-state index >= 15 is 0 Å². The number of amides is 1. The van der Waals surface area contributed by atoms with E-state index in [1.807, 2.05) is 27.1 Å². The zero-order valence-corrected chi connectivity index (χ0v) is 14.2. The number of hydrogen-bond donors (Lipinski definition) is 2. The van der Waals surface area contributed by atoms with Crippen molar-refractivity contribution in [2.45, 2.75) is 13.0 Å². The summed E-state index contributed by atoms with van der Waals surface area (Å²) in [5.41, 5.74) is 1.30. The second-order valence-electron chi connectivity index (χ2n) is 6.51. The molecule has 0 saturated carbocycles. The highest BCUT2D eigenvalue weighted by Crippen LogP contribution is 2.23. The topological polar surface area (TPSA) is 90.0 Å². The molecule has 2 N–H and O–H groups in total. The van der Waals surface area contributed by atoms with Gasteiger partial charge in [-0.1, -0.05) is 0 Å². The van der Waals surface area contributed by atoms with Crippen molar-refractivity contribution in [3.63, 3.8) is 0 Å². The van der Waals surface area contributed by atoms with Crippen molar-refractivity contribution in [3.05, 3.63) is 36.0 Å². The van der Waals surface area contributed by atoms with Crippen molar-refractivity contribution in [1.29, 1.82) is 0 Å². The Morgan fingerprint density at radius 2 is 2.29 bits per heavy atom. The van der Waals surface area contributed by atoms with Crippen LogP contribution in [0, 0.1) is 12.8 Å². The maximum absolute atomic E-state index is 12.4. The van der Waals surface area contributed by atoms with Crippen LogP contribution in [0.5, 0.6) is 0 Å². The van der Waals surface area contributed by atoms with E-state index in [0.29, 0.717) is 11.6 Å². The van der Waals surface area contributed by atoms with Crippen molar-refractivity contribution in [3.8, 4) is 0 Å². The second-order valence-corrected chi connectivity index (χ2v) is 6.51. The van der Waals surface area contributed by atoms with Gasteiger partial charge < -0.3 is 15.1 Å². The van der Waals surface area contributed by atoms with Gasteiger partial charge in [-0.3, -0.25) is 9.89 Å². The van der Waals surface area contributed by atoms with E-state index in [0.717, 1.165) is 31.1 Å². The Kier molecular flexibility index (Phi) is 4.75. The predicted molar refractivity (Wildman–Crippen MR) is 90.9 cm³/mol. The normalized spacial score (nSPS) is 20.6. The summed E-state index contributed by atoms with van der Waals surface area (Å²) >= 11 is 0. The molecular weight excluding hydrogens is 306 g/mol. The van der Waals surface area contributed by atoms with E-state index in [1.54, 1.807) is 18.6 Å². The van der Waals surface area contributed by atoms with Gasteiger partial charge >= 0.3 is 0 Å². The second kappa shape index (κ2) is 6.96. The summed E-state index contributed by atoms with van der Waals surface area (Å²) in [5, 5.41) is 9.98. The maximum Gasteiger partial charge on any atom is 0.272 e. The first kappa shape index (κ1) is 16.4. The van der Waals surface area contributed by atoms with Gasteiger partial charge in [0.2, 0.25) is 0 Å². The number of rotatable bonds is 5. The van der Waals surface area contributed by atoms with Crippen LogP contribution < -0.4 is 10.2 Å². The van der Waals surface area contributed by atoms with E-state index < -0.39 is 0 Å². The van der Waals surface area contributed by atoms with E-state index in [1.165, 1.54) is 0 Å². The van der Waals surface area contributed by atoms with E-state index in [4.69, 9.17) is 0 Å². The van der Waals surface area contributed by atoms with Gasteiger partial charge in [-0.2, -0.15) is 5.10 Å². The fourth-order valence-corrected chi connectivity index (χ4v) is 3.12. The molecule has 8 heteroatoms. The zero-order valence-electron chi connectivity index (χ0n) is 14.2. The molecule has 0 aliphatic carbocycles. The Morgan fingerprint density at radius 3 is 2.92 bits per heavy atom. The van der Waals surface area contributed by atoms with Gasteiger partial charge in [-0.05, 0) is 33.2 Å². The number of hydrogen-bond acceptors (Lipinski definition) is 6. The van der Waals surface area contributed by atoms with Crippen LogP contribution in [0.4, 0.5) is 5.82 Å².